The molecule has 0 aliphatic carbocycles. The maximum absolute atomic E-state index is 15.1. The van der Waals surface area contributed by atoms with E-state index in [1.807, 2.05) is 18.7 Å². The number of phenolic OH excluding ortho intramolecular Hbond substituents is 1. The number of benzene rings is 2. The van der Waals surface area contributed by atoms with E-state index in [0.717, 1.165) is 13.1 Å². The van der Waals surface area contributed by atoms with Crippen molar-refractivity contribution in [3.05, 3.63) is 86.7 Å². The van der Waals surface area contributed by atoms with E-state index in [1.54, 1.807) is 61.6 Å². The van der Waals surface area contributed by atoms with Gasteiger partial charge >= 0.3 is 5.69 Å². The highest BCUT2D eigenvalue weighted by Crippen LogP contribution is 2.40. The third-order valence-electron chi connectivity index (χ3n) is 7.12. The Balaban J connectivity index is 0.00000198. The van der Waals surface area contributed by atoms with Crippen LogP contribution in [-0.2, 0) is 18.3 Å². The van der Waals surface area contributed by atoms with Crippen molar-refractivity contribution in [2.75, 3.05) is 44.8 Å². The van der Waals surface area contributed by atoms with Crippen LogP contribution in [0.1, 0.15) is 20.3 Å². The largest absolute Gasteiger partial charge is 0.507 e. The molecule has 2 N–H and O–H groups in total. The predicted molar refractivity (Wildman–Crippen MR) is 166 cm³/mol. The summed E-state index contributed by atoms with van der Waals surface area (Å²) in [6.45, 7) is 7.71. The van der Waals surface area contributed by atoms with Crippen molar-refractivity contribution in [1.82, 2.24) is 19.0 Å². The number of pyridine rings is 1. The van der Waals surface area contributed by atoms with Gasteiger partial charge in [0, 0.05) is 88.8 Å². The number of phenols is 1. The van der Waals surface area contributed by atoms with Crippen LogP contribution in [0.3, 0.4) is 0 Å². The van der Waals surface area contributed by atoms with Gasteiger partial charge in [-0.3, -0.25) is 9.36 Å². The molecule has 11 heteroatoms. The molecule has 0 bridgehead atoms. The van der Waals surface area contributed by atoms with Gasteiger partial charge in [0.25, 0.3) is 5.56 Å². The molecule has 1 aliphatic heterocycles. The molecular formula is C31H37ClFN5O4. The van der Waals surface area contributed by atoms with Gasteiger partial charge < -0.3 is 29.2 Å². The van der Waals surface area contributed by atoms with Crippen LogP contribution >= 0.6 is 11.6 Å². The molecule has 2 aromatic heterocycles. The standard InChI is InChI=1S/C29H31ClFN5O4.C2H6/c1-33-11-12-36(29(33)39)25-5-4-19(14-24(25)30)22-16-21(31)17-23(27(22)37)20-15-26(34-9-6-32-7-10-34)28(38)35(18-20)8-3-13-40-2;1-2/h4-5,11-12,14-18,32,37H,3,6-10,13H2,1-2H3;1-2H3. The van der Waals surface area contributed by atoms with Gasteiger partial charge in [-0.05, 0) is 42.3 Å². The number of halogens is 2. The molecule has 0 saturated carbocycles. The molecule has 3 heterocycles. The molecule has 1 fully saturated rings. The fourth-order valence-electron chi connectivity index (χ4n) is 5.00. The first kappa shape index (κ1) is 31.1. The van der Waals surface area contributed by atoms with E-state index in [-0.39, 0.29) is 33.1 Å². The number of anilines is 1. The minimum Gasteiger partial charge on any atom is -0.507 e. The lowest BCUT2D eigenvalue weighted by molar-refractivity contribution is 0.190. The van der Waals surface area contributed by atoms with Gasteiger partial charge in [-0.2, -0.15) is 0 Å². The van der Waals surface area contributed by atoms with Crippen LogP contribution in [0.15, 0.2) is 64.6 Å². The quantitative estimate of drug-likeness (QED) is 0.288. The van der Waals surface area contributed by atoms with Crippen molar-refractivity contribution in [3.8, 4) is 33.7 Å². The number of ether oxygens (including phenoxy) is 1. The van der Waals surface area contributed by atoms with E-state index < -0.39 is 5.82 Å². The zero-order valence-electron chi connectivity index (χ0n) is 24.4. The number of methoxy groups -OCH3 is 1. The Kier molecular flexibility index (Phi) is 10.3. The van der Waals surface area contributed by atoms with Gasteiger partial charge in [-0.1, -0.05) is 31.5 Å². The van der Waals surface area contributed by atoms with Gasteiger partial charge in [-0.25, -0.2) is 9.18 Å². The number of aromatic nitrogens is 3. The molecule has 2 aromatic carbocycles. The zero-order chi connectivity index (χ0) is 30.4. The Bertz CT molecular complexity index is 1660. The van der Waals surface area contributed by atoms with E-state index >= 15 is 4.39 Å². The number of nitrogens with zero attached hydrogens (tertiary/aromatic N) is 4. The van der Waals surface area contributed by atoms with E-state index in [2.05, 4.69) is 5.32 Å². The van der Waals surface area contributed by atoms with Gasteiger partial charge in [0.1, 0.15) is 17.3 Å². The first-order chi connectivity index (χ1) is 20.3. The molecule has 224 valence electrons. The lowest BCUT2D eigenvalue weighted by Gasteiger charge is -2.29. The van der Waals surface area contributed by atoms with E-state index in [0.29, 0.717) is 55.2 Å². The topological polar surface area (TPSA) is 93.7 Å². The second-order valence-electron chi connectivity index (χ2n) is 9.77. The molecule has 4 aromatic rings. The van der Waals surface area contributed by atoms with E-state index in [4.69, 9.17) is 16.3 Å². The monoisotopic (exact) mass is 597 g/mol. The Labute approximate surface area is 249 Å². The lowest BCUT2D eigenvalue weighted by Crippen LogP contribution is -2.46. The normalized spacial score (nSPS) is 13.1. The van der Waals surface area contributed by atoms with Crippen LogP contribution in [0.5, 0.6) is 5.75 Å². The summed E-state index contributed by atoms with van der Waals surface area (Å²) in [6.07, 6.45) is 5.51. The average molecular weight is 598 g/mol. The summed E-state index contributed by atoms with van der Waals surface area (Å²) in [5, 5.41) is 15.0. The fourth-order valence-corrected chi connectivity index (χ4v) is 5.27. The summed E-state index contributed by atoms with van der Waals surface area (Å²) in [5.74, 6) is -0.696. The summed E-state index contributed by atoms with van der Waals surface area (Å²) in [6, 6.07) is 9.14. The number of aromatic hydroxyl groups is 1. The van der Waals surface area contributed by atoms with Crippen LogP contribution in [0.25, 0.3) is 27.9 Å². The number of aryl methyl sites for hydroxylation is 2. The van der Waals surface area contributed by atoms with Crippen molar-refractivity contribution in [1.29, 1.82) is 0 Å². The molecular weight excluding hydrogens is 561 g/mol. The van der Waals surface area contributed by atoms with Gasteiger partial charge in [0.2, 0.25) is 0 Å². The van der Waals surface area contributed by atoms with Gasteiger partial charge in [0.05, 0.1) is 10.7 Å². The molecule has 0 spiro atoms. The minimum absolute atomic E-state index is 0.142. The van der Waals surface area contributed by atoms with Crippen LogP contribution in [0.4, 0.5) is 10.1 Å². The SMILES string of the molecule is CC.COCCCn1cc(-c2cc(F)cc(-c3ccc(-n4ccn(C)c4=O)c(Cl)c3)c2O)cc(N2CCNCC2)c1=O. The third-order valence-corrected chi connectivity index (χ3v) is 7.43. The van der Waals surface area contributed by atoms with Crippen LogP contribution in [0.2, 0.25) is 5.02 Å². The molecule has 5 rings (SSSR count). The van der Waals surface area contributed by atoms with Crippen molar-refractivity contribution >= 4 is 17.3 Å². The van der Waals surface area contributed by atoms with E-state index in [9.17, 15) is 14.7 Å². The molecule has 9 nitrogen and oxygen atoms in total. The maximum Gasteiger partial charge on any atom is 0.332 e. The van der Waals surface area contributed by atoms with Crippen LogP contribution < -0.4 is 21.5 Å². The minimum atomic E-state index is -0.553. The summed E-state index contributed by atoms with van der Waals surface area (Å²) in [5.41, 5.74) is 2.06. The summed E-state index contributed by atoms with van der Waals surface area (Å²) >= 11 is 6.55. The molecule has 0 atom stereocenters. The second kappa shape index (κ2) is 13.9. The van der Waals surface area contributed by atoms with E-state index in [1.165, 1.54) is 21.3 Å². The highest BCUT2D eigenvalue weighted by atomic mass is 35.5. The molecule has 42 heavy (non-hydrogen) atoms. The second-order valence-corrected chi connectivity index (χ2v) is 10.2. The number of hydrogen-bond donors (Lipinski definition) is 2. The number of piperazine rings is 1. The predicted octanol–water partition coefficient (Wildman–Crippen LogP) is 4.64. The van der Waals surface area contributed by atoms with Gasteiger partial charge in [-0.15, -0.1) is 0 Å². The smallest absolute Gasteiger partial charge is 0.332 e. The average Bonchev–Trinajstić information content (AvgIpc) is 3.33. The Morgan fingerprint density at radius 1 is 1.00 bits per heavy atom. The number of imidazole rings is 1. The Hall–Kier alpha value is -3.86. The number of rotatable bonds is 8. The first-order valence-corrected chi connectivity index (χ1v) is 14.4. The third kappa shape index (κ3) is 6.46. The maximum atomic E-state index is 15.1. The molecule has 1 aliphatic rings. The molecule has 0 amide bonds. The lowest BCUT2D eigenvalue weighted by atomic mass is 9.97. The highest BCUT2D eigenvalue weighted by molar-refractivity contribution is 6.32. The van der Waals surface area contributed by atoms with Gasteiger partial charge in [0.15, 0.2) is 0 Å². The number of hydrogen-bond acceptors (Lipinski definition) is 6. The molecule has 0 radical (unpaired) electrons. The van der Waals surface area contributed by atoms with Crippen molar-refractivity contribution in [2.24, 2.45) is 7.05 Å². The van der Waals surface area contributed by atoms with Crippen LogP contribution in [-0.4, -0.2) is 58.7 Å². The molecule has 0 unspecified atom stereocenters. The van der Waals surface area contributed by atoms with Crippen molar-refractivity contribution < 1.29 is 14.2 Å². The summed E-state index contributed by atoms with van der Waals surface area (Å²) in [4.78, 5) is 27.8. The zero-order valence-corrected chi connectivity index (χ0v) is 25.1. The number of nitrogens with one attached hydrogen (secondary N) is 1. The van der Waals surface area contributed by atoms with Crippen molar-refractivity contribution in [3.63, 3.8) is 0 Å². The fraction of sp³-hybridized carbons (Fsp3) is 0.355. The molecule has 1 saturated heterocycles. The Morgan fingerprint density at radius 2 is 1.69 bits per heavy atom. The summed E-state index contributed by atoms with van der Waals surface area (Å²) < 4.78 is 24.7. The van der Waals surface area contributed by atoms with Crippen LogP contribution in [0, 0.1) is 5.82 Å². The highest BCUT2D eigenvalue weighted by Gasteiger charge is 2.21. The Morgan fingerprint density at radius 3 is 2.31 bits per heavy atom. The van der Waals surface area contributed by atoms with Crippen molar-refractivity contribution in [2.45, 2.75) is 26.8 Å². The first-order valence-electron chi connectivity index (χ1n) is 14.0. The summed E-state index contributed by atoms with van der Waals surface area (Å²) in [7, 11) is 3.25.